The molecule has 0 unspecified atom stereocenters. The van der Waals surface area contributed by atoms with Crippen molar-refractivity contribution in [2.24, 2.45) is 0 Å². The first kappa shape index (κ1) is 12.9. The van der Waals surface area contributed by atoms with Gasteiger partial charge in [0.1, 0.15) is 11.5 Å². The highest BCUT2D eigenvalue weighted by Crippen LogP contribution is 2.33. The van der Waals surface area contributed by atoms with Crippen molar-refractivity contribution in [3.63, 3.8) is 0 Å². The van der Waals surface area contributed by atoms with Crippen LogP contribution in [-0.2, 0) is 0 Å². The minimum atomic E-state index is -0.379. The van der Waals surface area contributed by atoms with E-state index in [1.165, 1.54) is 18.9 Å². The van der Waals surface area contributed by atoms with E-state index < -0.39 is 0 Å². The maximum atomic E-state index is 11.1. The van der Waals surface area contributed by atoms with Gasteiger partial charge in [-0.3, -0.25) is 10.1 Å². The molecular weight excluding hydrogens is 256 g/mol. The molecule has 1 aromatic heterocycles. The monoisotopic (exact) mass is 272 g/mol. The van der Waals surface area contributed by atoms with Crippen molar-refractivity contribution in [3.8, 4) is 11.3 Å². The van der Waals surface area contributed by atoms with Gasteiger partial charge >= 0.3 is 0 Å². The molecule has 2 aromatic rings. The Bertz CT molecular complexity index is 615. The van der Waals surface area contributed by atoms with Crippen LogP contribution in [0.3, 0.4) is 0 Å². The zero-order valence-electron chi connectivity index (χ0n) is 11.0. The summed E-state index contributed by atoms with van der Waals surface area (Å²) >= 11 is 0. The van der Waals surface area contributed by atoms with Crippen LogP contribution in [0.5, 0.6) is 0 Å². The molecule has 5 heteroatoms. The SMILES string of the molecule is O=[N+]([O-])c1ccccc1-c1ccc([C@@H]2CCCCN2)o1. The van der Waals surface area contributed by atoms with E-state index >= 15 is 0 Å². The highest BCUT2D eigenvalue weighted by atomic mass is 16.6. The molecule has 0 radical (unpaired) electrons. The van der Waals surface area contributed by atoms with Gasteiger partial charge in [-0.2, -0.15) is 0 Å². The molecule has 0 bridgehead atoms. The third kappa shape index (κ3) is 2.44. The summed E-state index contributed by atoms with van der Waals surface area (Å²) in [5, 5.41) is 14.5. The van der Waals surface area contributed by atoms with Crippen molar-refractivity contribution in [2.45, 2.75) is 25.3 Å². The quantitative estimate of drug-likeness (QED) is 0.683. The molecule has 1 saturated heterocycles. The van der Waals surface area contributed by atoms with Crippen molar-refractivity contribution in [1.29, 1.82) is 0 Å². The van der Waals surface area contributed by atoms with E-state index in [1.807, 2.05) is 12.1 Å². The van der Waals surface area contributed by atoms with Crippen molar-refractivity contribution in [1.82, 2.24) is 5.32 Å². The van der Waals surface area contributed by atoms with Crippen LogP contribution in [0.15, 0.2) is 40.8 Å². The van der Waals surface area contributed by atoms with E-state index in [0.717, 1.165) is 18.7 Å². The smallest absolute Gasteiger partial charge is 0.280 e. The largest absolute Gasteiger partial charge is 0.459 e. The first-order valence-electron chi connectivity index (χ1n) is 6.82. The summed E-state index contributed by atoms with van der Waals surface area (Å²) in [7, 11) is 0. The molecule has 0 aliphatic carbocycles. The van der Waals surface area contributed by atoms with Crippen LogP contribution >= 0.6 is 0 Å². The van der Waals surface area contributed by atoms with Crippen molar-refractivity contribution >= 4 is 5.69 Å². The number of furan rings is 1. The maximum absolute atomic E-state index is 11.1. The summed E-state index contributed by atoms with van der Waals surface area (Å²) in [6.45, 7) is 0.992. The Morgan fingerprint density at radius 3 is 2.80 bits per heavy atom. The number of nitro benzene ring substituents is 1. The fraction of sp³-hybridized carbons (Fsp3) is 0.333. The molecule has 0 amide bonds. The standard InChI is InChI=1S/C15H16N2O3/c18-17(19)13-7-2-1-5-11(13)14-8-9-15(20-14)12-6-3-4-10-16-12/h1-2,5,7-9,12,16H,3-4,6,10H2/t12-/m0/s1. The number of hydrogen-bond acceptors (Lipinski definition) is 4. The van der Waals surface area contributed by atoms with Gasteiger partial charge in [-0.05, 0) is 37.6 Å². The number of benzene rings is 1. The van der Waals surface area contributed by atoms with Crippen LogP contribution in [0.4, 0.5) is 5.69 Å². The highest BCUT2D eigenvalue weighted by molar-refractivity contribution is 5.69. The van der Waals surface area contributed by atoms with Crippen molar-refractivity contribution in [3.05, 3.63) is 52.3 Å². The third-order valence-electron chi connectivity index (χ3n) is 3.65. The van der Waals surface area contributed by atoms with Crippen LogP contribution in [0, 0.1) is 10.1 Å². The van der Waals surface area contributed by atoms with Gasteiger partial charge < -0.3 is 9.73 Å². The normalized spacial score (nSPS) is 18.9. The third-order valence-corrected chi connectivity index (χ3v) is 3.65. The van der Waals surface area contributed by atoms with E-state index in [0.29, 0.717) is 11.3 Å². The molecule has 20 heavy (non-hydrogen) atoms. The molecule has 1 aliphatic heterocycles. The van der Waals surface area contributed by atoms with Gasteiger partial charge in [0.2, 0.25) is 0 Å². The predicted octanol–water partition coefficient (Wildman–Crippen LogP) is 3.67. The molecule has 2 heterocycles. The van der Waals surface area contributed by atoms with Gasteiger partial charge in [-0.15, -0.1) is 0 Å². The first-order valence-corrected chi connectivity index (χ1v) is 6.82. The lowest BCUT2D eigenvalue weighted by Gasteiger charge is -2.21. The van der Waals surface area contributed by atoms with E-state index in [1.54, 1.807) is 18.2 Å². The average Bonchev–Trinajstić information content (AvgIpc) is 2.98. The Morgan fingerprint density at radius 1 is 1.20 bits per heavy atom. The second-order valence-electron chi connectivity index (χ2n) is 4.98. The Labute approximate surface area is 116 Å². The van der Waals surface area contributed by atoms with Crippen LogP contribution in [0.25, 0.3) is 11.3 Å². The lowest BCUT2D eigenvalue weighted by Crippen LogP contribution is -2.26. The van der Waals surface area contributed by atoms with Crippen LogP contribution in [0.2, 0.25) is 0 Å². The van der Waals surface area contributed by atoms with E-state index in [2.05, 4.69) is 5.32 Å². The van der Waals surface area contributed by atoms with E-state index in [9.17, 15) is 10.1 Å². The van der Waals surface area contributed by atoms with E-state index in [-0.39, 0.29) is 16.7 Å². The molecule has 1 N–H and O–H groups in total. The fourth-order valence-electron chi connectivity index (χ4n) is 2.62. The molecule has 1 fully saturated rings. The molecular formula is C15H16N2O3. The molecule has 104 valence electrons. The minimum Gasteiger partial charge on any atom is -0.459 e. The second kappa shape index (κ2) is 5.46. The zero-order chi connectivity index (χ0) is 13.9. The lowest BCUT2D eigenvalue weighted by molar-refractivity contribution is -0.384. The van der Waals surface area contributed by atoms with Gasteiger partial charge in [0.05, 0.1) is 16.5 Å². The number of hydrogen-bond donors (Lipinski definition) is 1. The molecule has 1 atom stereocenters. The second-order valence-corrected chi connectivity index (χ2v) is 4.98. The minimum absolute atomic E-state index is 0.0741. The Balaban J connectivity index is 1.92. The molecule has 1 aromatic carbocycles. The lowest BCUT2D eigenvalue weighted by atomic mass is 10.0. The van der Waals surface area contributed by atoms with Crippen LogP contribution in [0.1, 0.15) is 31.1 Å². The summed E-state index contributed by atoms with van der Waals surface area (Å²) in [5.74, 6) is 1.41. The number of nitrogens with one attached hydrogen (secondary N) is 1. The molecule has 3 rings (SSSR count). The first-order chi connectivity index (χ1) is 9.75. The van der Waals surface area contributed by atoms with Gasteiger partial charge in [0.25, 0.3) is 5.69 Å². The van der Waals surface area contributed by atoms with Gasteiger partial charge in [-0.1, -0.05) is 18.6 Å². The van der Waals surface area contributed by atoms with Gasteiger partial charge in [0.15, 0.2) is 0 Å². The molecule has 1 aliphatic rings. The summed E-state index contributed by atoms with van der Waals surface area (Å²) in [4.78, 5) is 10.7. The Morgan fingerprint density at radius 2 is 2.05 bits per heavy atom. The van der Waals surface area contributed by atoms with Gasteiger partial charge in [0, 0.05) is 6.07 Å². The summed E-state index contributed by atoms with van der Waals surface area (Å²) in [5.41, 5.74) is 0.601. The van der Waals surface area contributed by atoms with E-state index in [4.69, 9.17) is 4.42 Å². The maximum Gasteiger partial charge on any atom is 0.280 e. The van der Waals surface area contributed by atoms with Gasteiger partial charge in [-0.25, -0.2) is 0 Å². The number of rotatable bonds is 3. The Kier molecular flexibility index (Phi) is 3.52. The van der Waals surface area contributed by atoms with Crippen molar-refractivity contribution < 1.29 is 9.34 Å². The van der Waals surface area contributed by atoms with Crippen molar-refractivity contribution in [2.75, 3.05) is 6.54 Å². The number of piperidine rings is 1. The molecule has 0 spiro atoms. The summed E-state index contributed by atoms with van der Waals surface area (Å²) in [6.07, 6.45) is 3.41. The highest BCUT2D eigenvalue weighted by Gasteiger charge is 2.21. The summed E-state index contributed by atoms with van der Waals surface area (Å²) < 4.78 is 5.83. The molecule has 0 saturated carbocycles. The zero-order valence-corrected chi connectivity index (χ0v) is 11.0. The number of nitro groups is 1. The predicted molar refractivity (Wildman–Crippen MR) is 75.4 cm³/mol. The topological polar surface area (TPSA) is 68.3 Å². The number of para-hydroxylation sites is 1. The van der Waals surface area contributed by atoms with Crippen LogP contribution < -0.4 is 5.32 Å². The van der Waals surface area contributed by atoms with Crippen LogP contribution in [-0.4, -0.2) is 11.5 Å². The number of nitrogens with zero attached hydrogens (tertiary/aromatic N) is 1. The Hall–Kier alpha value is -2.14. The average molecular weight is 272 g/mol. The summed E-state index contributed by atoms with van der Waals surface area (Å²) in [6, 6.07) is 10.6. The molecule has 5 nitrogen and oxygen atoms in total. The fourth-order valence-corrected chi connectivity index (χ4v) is 2.62.